The van der Waals surface area contributed by atoms with Crippen LogP contribution >= 0.6 is 0 Å². The van der Waals surface area contributed by atoms with Crippen molar-refractivity contribution in [1.82, 2.24) is 25.2 Å². The van der Waals surface area contributed by atoms with Gasteiger partial charge in [0.25, 0.3) is 11.8 Å². The molecule has 10 heteroatoms. The first-order valence-electron chi connectivity index (χ1n) is 11.1. The van der Waals surface area contributed by atoms with Crippen LogP contribution in [0.1, 0.15) is 42.1 Å². The quantitative estimate of drug-likeness (QED) is 0.776. The van der Waals surface area contributed by atoms with Gasteiger partial charge in [-0.05, 0) is 43.5 Å². The Morgan fingerprint density at radius 3 is 2.81 bits per heavy atom. The molecule has 1 aromatic heterocycles. The van der Waals surface area contributed by atoms with E-state index in [1.165, 1.54) is 4.90 Å². The summed E-state index contributed by atoms with van der Waals surface area (Å²) in [5, 5.41) is 1.57. The lowest BCUT2D eigenvalue weighted by molar-refractivity contribution is -0.0494. The van der Waals surface area contributed by atoms with Crippen molar-refractivity contribution < 1.29 is 18.4 Å². The van der Waals surface area contributed by atoms with Gasteiger partial charge in [0.2, 0.25) is 0 Å². The zero-order valence-corrected chi connectivity index (χ0v) is 17.9. The molecule has 1 N–H and O–H groups in total. The topological polar surface area (TPSA) is 72.0 Å². The lowest BCUT2D eigenvalue weighted by atomic mass is 10.0. The van der Waals surface area contributed by atoms with E-state index in [1.807, 2.05) is 25.1 Å². The van der Waals surface area contributed by atoms with Crippen LogP contribution < -0.4 is 10.3 Å². The van der Waals surface area contributed by atoms with Gasteiger partial charge in [-0.25, -0.2) is 24.0 Å². The highest BCUT2D eigenvalue weighted by Gasteiger charge is 2.37. The minimum absolute atomic E-state index is 0.0606. The normalized spacial score (nSPS) is 24.4. The van der Waals surface area contributed by atoms with Crippen LogP contribution in [0.25, 0.3) is 0 Å². The van der Waals surface area contributed by atoms with Gasteiger partial charge in [-0.1, -0.05) is 0 Å². The largest absolute Gasteiger partial charge is 0.340 e. The molecule has 0 bridgehead atoms. The number of nitrogens with one attached hydrogen (secondary N) is 1. The molecule has 4 aliphatic heterocycles. The Labute approximate surface area is 185 Å². The number of aryl methyl sites for hydroxylation is 1. The molecule has 2 saturated heterocycles. The van der Waals surface area contributed by atoms with Crippen molar-refractivity contribution in [3.8, 4) is 0 Å². The number of allylic oxidation sites excluding steroid dienone is 1. The Hall–Kier alpha value is -3.01. The number of carbonyl (C=O) groups excluding carboxylic acids is 2. The molecule has 1 atom stereocenters. The number of amides is 3. The highest BCUT2D eigenvalue weighted by molar-refractivity contribution is 5.94. The molecule has 3 amide bonds. The summed E-state index contributed by atoms with van der Waals surface area (Å²) in [6.07, 6.45) is 8.08. The van der Waals surface area contributed by atoms with E-state index in [4.69, 9.17) is 0 Å². The van der Waals surface area contributed by atoms with Crippen molar-refractivity contribution in [2.75, 3.05) is 31.1 Å². The molecule has 2 fully saturated rings. The van der Waals surface area contributed by atoms with Crippen LogP contribution in [0.3, 0.4) is 0 Å². The van der Waals surface area contributed by atoms with Crippen LogP contribution in [0.5, 0.6) is 0 Å². The van der Waals surface area contributed by atoms with E-state index in [9.17, 15) is 18.4 Å². The summed E-state index contributed by atoms with van der Waals surface area (Å²) < 4.78 is 26.9. The molecule has 0 spiro atoms. The van der Waals surface area contributed by atoms with Gasteiger partial charge in [-0.3, -0.25) is 14.7 Å². The molecule has 170 valence electrons. The predicted octanol–water partition coefficient (Wildman–Crippen LogP) is 2.70. The number of rotatable bonds is 3. The number of hydrogen-bond acceptors (Lipinski definition) is 5. The third-order valence-electron chi connectivity index (χ3n) is 6.46. The summed E-state index contributed by atoms with van der Waals surface area (Å²) in [7, 11) is 0. The molecule has 1 aromatic rings. The second-order valence-corrected chi connectivity index (χ2v) is 8.53. The van der Waals surface area contributed by atoms with Gasteiger partial charge in [0.15, 0.2) is 0 Å². The van der Waals surface area contributed by atoms with E-state index in [0.717, 1.165) is 36.5 Å². The number of pyridine rings is 1. The number of nitrogens with zero attached hydrogens (tertiary/aromatic N) is 5. The molecule has 0 aromatic carbocycles. The van der Waals surface area contributed by atoms with Crippen LogP contribution in [0.4, 0.5) is 19.4 Å². The Balaban J connectivity index is 1.35. The number of aromatic nitrogens is 1. The van der Waals surface area contributed by atoms with Crippen molar-refractivity contribution in [3.05, 3.63) is 47.4 Å². The standard InChI is InChI=1S/C22H26F2N6O2/c1-2-30-21(32)29-9-5-17(13-18(29)26-30)28-8-3-4-15-12-16(14-25-19(15)28)20(31)27-10-6-22(23,24)7-11-27/h5,9,12-14,18,26H,2-4,6-8,10-11H2,1H3. The molecule has 0 radical (unpaired) electrons. The van der Waals surface area contributed by atoms with Gasteiger partial charge in [0.1, 0.15) is 12.0 Å². The van der Waals surface area contributed by atoms with Crippen molar-refractivity contribution in [1.29, 1.82) is 0 Å². The van der Waals surface area contributed by atoms with Crippen molar-refractivity contribution >= 4 is 17.8 Å². The van der Waals surface area contributed by atoms with Crippen LogP contribution in [-0.4, -0.2) is 70.0 Å². The number of fused-ring (bicyclic) bond motifs is 2. The summed E-state index contributed by atoms with van der Waals surface area (Å²) in [5.41, 5.74) is 5.53. The van der Waals surface area contributed by atoms with Gasteiger partial charge in [0.05, 0.1) is 5.56 Å². The van der Waals surface area contributed by atoms with E-state index >= 15 is 0 Å². The fourth-order valence-electron chi connectivity index (χ4n) is 4.64. The van der Waals surface area contributed by atoms with E-state index in [2.05, 4.69) is 15.3 Å². The molecule has 4 aliphatic rings. The Morgan fingerprint density at radius 2 is 2.06 bits per heavy atom. The summed E-state index contributed by atoms with van der Waals surface area (Å²) in [6, 6.07) is 1.76. The molecule has 32 heavy (non-hydrogen) atoms. The zero-order valence-electron chi connectivity index (χ0n) is 17.9. The van der Waals surface area contributed by atoms with E-state index < -0.39 is 5.92 Å². The fraction of sp³-hybridized carbons (Fsp3) is 0.500. The van der Waals surface area contributed by atoms with E-state index in [-0.39, 0.29) is 44.0 Å². The van der Waals surface area contributed by atoms with Crippen LogP contribution in [0.15, 0.2) is 36.3 Å². The highest BCUT2D eigenvalue weighted by Crippen LogP contribution is 2.33. The average molecular weight is 444 g/mol. The maximum Gasteiger partial charge on any atom is 0.340 e. The Bertz CT molecular complexity index is 1000. The first-order chi connectivity index (χ1) is 15.4. The summed E-state index contributed by atoms with van der Waals surface area (Å²) in [5.74, 6) is -2.14. The van der Waals surface area contributed by atoms with Crippen molar-refractivity contribution in [2.24, 2.45) is 0 Å². The summed E-state index contributed by atoms with van der Waals surface area (Å²) in [6.45, 7) is 3.39. The number of piperidine rings is 1. The third-order valence-corrected chi connectivity index (χ3v) is 6.46. The lowest BCUT2D eigenvalue weighted by Gasteiger charge is -2.34. The Kier molecular flexibility index (Phi) is 5.11. The molecule has 8 nitrogen and oxygen atoms in total. The number of hydrazine groups is 1. The molecular formula is C22H26F2N6O2. The van der Waals surface area contributed by atoms with Crippen LogP contribution in [0.2, 0.25) is 0 Å². The second-order valence-electron chi connectivity index (χ2n) is 8.53. The molecular weight excluding hydrogens is 418 g/mol. The lowest BCUT2D eigenvalue weighted by Crippen LogP contribution is -2.43. The highest BCUT2D eigenvalue weighted by atomic mass is 19.3. The maximum absolute atomic E-state index is 13.4. The van der Waals surface area contributed by atoms with Gasteiger partial charge < -0.3 is 9.80 Å². The van der Waals surface area contributed by atoms with Crippen molar-refractivity contribution in [3.63, 3.8) is 0 Å². The van der Waals surface area contributed by atoms with Crippen molar-refractivity contribution in [2.45, 2.75) is 44.7 Å². The summed E-state index contributed by atoms with van der Waals surface area (Å²) >= 11 is 0. The van der Waals surface area contributed by atoms with Crippen LogP contribution in [-0.2, 0) is 6.42 Å². The minimum Gasteiger partial charge on any atom is -0.338 e. The first kappa shape index (κ1) is 20.9. The van der Waals surface area contributed by atoms with Gasteiger partial charge >= 0.3 is 6.03 Å². The number of carbonyl (C=O) groups is 2. The third kappa shape index (κ3) is 3.62. The molecule has 1 unspecified atom stereocenters. The van der Waals surface area contributed by atoms with Gasteiger partial charge in [-0.15, -0.1) is 0 Å². The van der Waals surface area contributed by atoms with Gasteiger partial charge in [-0.2, -0.15) is 0 Å². The smallest absolute Gasteiger partial charge is 0.338 e. The molecule has 0 saturated carbocycles. The second kappa shape index (κ2) is 7.84. The fourth-order valence-corrected chi connectivity index (χ4v) is 4.64. The number of alkyl halides is 2. The number of hydrogen-bond donors (Lipinski definition) is 1. The minimum atomic E-state index is -2.69. The maximum atomic E-state index is 13.4. The summed E-state index contributed by atoms with van der Waals surface area (Å²) in [4.78, 5) is 35.0. The molecule has 5 rings (SSSR count). The Morgan fingerprint density at radius 1 is 1.28 bits per heavy atom. The zero-order chi connectivity index (χ0) is 22.5. The monoisotopic (exact) mass is 444 g/mol. The molecule has 0 aliphatic carbocycles. The predicted molar refractivity (Wildman–Crippen MR) is 114 cm³/mol. The van der Waals surface area contributed by atoms with E-state index in [0.29, 0.717) is 12.1 Å². The SMILES string of the molecule is CCN1NC2C=C(N3CCCc4cc(C(=O)N5CCC(F)(F)CC5)cnc43)C=CN2C1=O. The van der Waals surface area contributed by atoms with Gasteiger partial charge in [0, 0.05) is 57.1 Å². The average Bonchev–Trinajstić information content (AvgIpc) is 3.12. The van der Waals surface area contributed by atoms with Crippen LogP contribution in [0, 0.1) is 0 Å². The van der Waals surface area contributed by atoms with E-state index in [1.54, 1.807) is 22.3 Å². The number of halogens is 2. The molecule has 5 heterocycles. The number of urea groups is 1. The number of likely N-dealkylation sites (tertiary alicyclic amines) is 1. The first-order valence-corrected chi connectivity index (χ1v) is 11.1. The number of anilines is 1.